The first kappa shape index (κ1) is 57.2. The second-order valence-corrected chi connectivity index (χ2v) is 18.5. The van der Waals surface area contributed by atoms with Gasteiger partial charge in [0.15, 0.2) is 0 Å². The van der Waals surface area contributed by atoms with Gasteiger partial charge in [0.05, 0.1) is 34.4 Å². The number of likely N-dealkylation sites (N-methyl/N-ethyl adjacent to an activating group) is 1. The first-order valence-electron chi connectivity index (χ1n) is 24.0. The number of allylic oxidation sites excluding steroid dienone is 10. The smallest absolute Gasteiger partial charge is 0.306 e. The van der Waals surface area contributed by atoms with Gasteiger partial charge in [0, 0.05) is 13.0 Å². The summed E-state index contributed by atoms with van der Waals surface area (Å²) in [6, 6.07) is 0. The number of quaternary nitrogens is 1. The highest BCUT2D eigenvalue weighted by Crippen LogP contribution is 2.38. The fourth-order valence-electron chi connectivity index (χ4n) is 6.36. The average molecular weight is 850 g/mol. The third kappa shape index (κ3) is 47.1. The van der Waals surface area contributed by atoms with Crippen LogP contribution in [0.5, 0.6) is 0 Å². The van der Waals surface area contributed by atoms with Gasteiger partial charge in [-0.25, -0.2) is 0 Å². The Labute approximate surface area is 364 Å². The normalized spacial score (nSPS) is 14.2. The SMILES string of the molecule is CC/C=C\C/C=C\C/C=C\CCCCCCCCOCC(COP(=O)([O-])OCC[N+](C)(C)C)OC(=O)CCCCCCCCCCC/C=C\C/C=C\CCCCCCC. The molecule has 0 spiro atoms. The topological polar surface area (TPSA) is 94.1 Å². The molecule has 0 aromatic heterocycles. The molecule has 0 amide bonds. The number of esters is 1. The van der Waals surface area contributed by atoms with Crippen molar-refractivity contribution >= 4 is 13.8 Å². The highest BCUT2D eigenvalue weighted by atomic mass is 31.2. The molecule has 0 bridgehead atoms. The van der Waals surface area contributed by atoms with Gasteiger partial charge in [0.25, 0.3) is 7.82 Å². The van der Waals surface area contributed by atoms with Crippen LogP contribution in [0.2, 0.25) is 0 Å². The number of carbonyl (C=O) groups is 1. The summed E-state index contributed by atoms with van der Waals surface area (Å²) in [5.41, 5.74) is 0. The van der Waals surface area contributed by atoms with Crippen LogP contribution in [0.4, 0.5) is 0 Å². The Morgan fingerprint density at radius 1 is 0.542 bits per heavy atom. The predicted octanol–water partition coefficient (Wildman–Crippen LogP) is 13.9. The zero-order valence-electron chi connectivity index (χ0n) is 38.9. The third-order valence-electron chi connectivity index (χ3n) is 10.1. The Morgan fingerprint density at radius 3 is 1.47 bits per heavy atom. The van der Waals surface area contributed by atoms with Crippen molar-refractivity contribution < 1.29 is 37.3 Å². The van der Waals surface area contributed by atoms with E-state index in [9.17, 15) is 14.3 Å². The molecule has 2 atom stereocenters. The van der Waals surface area contributed by atoms with Crippen molar-refractivity contribution in [1.29, 1.82) is 0 Å². The molecule has 0 rings (SSSR count). The lowest BCUT2D eigenvalue weighted by Crippen LogP contribution is -2.37. The first-order chi connectivity index (χ1) is 28.6. The number of phosphoric acid groups is 1. The van der Waals surface area contributed by atoms with Crippen molar-refractivity contribution in [1.82, 2.24) is 0 Å². The molecule has 0 aromatic rings. The Morgan fingerprint density at radius 2 is 0.983 bits per heavy atom. The van der Waals surface area contributed by atoms with Crippen LogP contribution >= 0.6 is 7.82 Å². The van der Waals surface area contributed by atoms with E-state index in [4.69, 9.17) is 18.5 Å². The molecule has 0 radical (unpaired) electrons. The van der Waals surface area contributed by atoms with Gasteiger partial charge in [-0.3, -0.25) is 9.36 Å². The minimum atomic E-state index is -4.53. The lowest BCUT2D eigenvalue weighted by molar-refractivity contribution is -0.870. The molecule has 0 N–H and O–H groups in total. The van der Waals surface area contributed by atoms with Gasteiger partial charge in [-0.2, -0.15) is 0 Å². The molecule has 8 nitrogen and oxygen atoms in total. The molecule has 0 aromatic carbocycles. The van der Waals surface area contributed by atoms with E-state index >= 15 is 0 Å². The van der Waals surface area contributed by atoms with Gasteiger partial charge in [-0.1, -0.05) is 171 Å². The molecule has 344 valence electrons. The summed E-state index contributed by atoms with van der Waals surface area (Å²) in [6.07, 6.45) is 53.8. The number of nitrogens with zero attached hydrogens (tertiary/aromatic N) is 1. The molecule has 0 fully saturated rings. The fraction of sp³-hybridized carbons (Fsp3) is 0.780. The number of ether oxygens (including phenoxy) is 2. The molecule has 0 aliphatic carbocycles. The maximum atomic E-state index is 12.7. The highest BCUT2D eigenvalue weighted by molar-refractivity contribution is 7.45. The summed E-state index contributed by atoms with van der Waals surface area (Å²) in [5, 5.41) is 0. The summed E-state index contributed by atoms with van der Waals surface area (Å²) in [7, 11) is 1.34. The number of hydrogen-bond acceptors (Lipinski definition) is 7. The van der Waals surface area contributed by atoms with Crippen molar-refractivity contribution in [3.8, 4) is 0 Å². The van der Waals surface area contributed by atoms with Crippen molar-refractivity contribution in [3.63, 3.8) is 0 Å². The third-order valence-corrected chi connectivity index (χ3v) is 11.0. The molecule has 9 heteroatoms. The Bertz CT molecular complexity index is 1130. The Hall–Kier alpha value is -1.80. The van der Waals surface area contributed by atoms with Crippen LogP contribution in [-0.2, 0) is 27.9 Å². The largest absolute Gasteiger partial charge is 0.756 e. The van der Waals surface area contributed by atoms with Crippen LogP contribution in [0.3, 0.4) is 0 Å². The fourth-order valence-corrected chi connectivity index (χ4v) is 7.08. The van der Waals surface area contributed by atoms with Crippen LogP contribution < -0.4 is 4.89 Å². The van der Waals surface area contributed by atoms with Crippen LogP contribution in [-0.4, -0.2) is 70.7 Å². The maximum absolute atomic E-state index is 12.7. The molecular formula is C50H92NO7P. The summed E-state index contributed by atoms with van der Waals surface area (Å²) in [5.74, 6) is -0.345. The van der Waals surface area contributed by atoms with Gasteiger partial charge >= 0.3 is 5.97 Å². The van der Waals surface area contributed by atoms with Crippen LogP contribution in [0.15, 0.2) is 60.8 Å². The molecule has 0 aliphatic heterocycles. The number of unbranched alkanes of at least 4 members (excludes halogenated alkanes) is 20. The van der Waals surface area contributed by atoms with Crippen molar-refractivity contribution in [2.75, 3.05) is 54.1 Å². The summed E-state index contributed by atoms with van der Waals surface area (Å²) < 4.78 is 34.7. The van der Waals surface area contributed by atoms with Crippen molar-refractivity contribution in [3.05, 3.63) is 60.8 Å². The van der Waals surface area contributed by atoms with E-state index in [2.05, 4.69) is 74.6 Å². The lowest BCUT2D eigenvalue weighted by atomic mass is 10.1. The van der Waals surface area contributed by atoms with Crippen molar-refractivity contribution in [2.45, 2.75) is 200 Å². The Balaban J connectivity index is 4.20. The lowest BCUT2D eigenvalue weighted by Gasteiger charge is -2.28. The van der Waals surface area contributed by atoms with Gasteiger partial charge in [-0.05, 0) is 77.0 Å². The summed E-state index contributed by atoms with van der Waals surface area (Å²) in [4.78, 5) is 25.1. The molecule has 0 aliphatic rings. The van der Waals surface area contributed by atoms with Gasteiger partial charge in [0.2, 0.25) is 0 Å². The van der Waals surface area contributed by atoms with Gasteiger partial charge in [-0.15, -0.1) is 0 Å². The zero-order valence-corrected chi connectivity index (χ0v) is 39.8. The highest BCUT2D eigenvalue weighted by Gasteiger charge is 2.20. The van der Waals surface area contributed by atoms with E-state index in [0.717, 1.165) is 70.6 Å². The van der Waals surface area contributed by atoms with Gasteiger partial charge in [0.1, 0.15) is 19.3 Å². The average Bonchev–Trinajstić information content (AvgIpc) is 3.19. The number of rotatable bonds is 44. The molecule has 59 heavy (non-hydrogen) atoms. The summed E-state index contributed by atoms with van der Waals surface area (Å²) >= 11 is 0. The van der Waals surface area contributed by atoms with E-state index in [1.165, 1.54) is 103 Å². The molecule has 2 unspecified atom stereocenters. The molecule has 0 heterocycles. The zero-order chi connectivity index (χ0) is 43.4. The summed E-state index contributed by atoms with van der Waals surface area (Å²) in [6.45, 7) is 5.26. The van der Waals surface area contributed by atoms with Crippen LogP contribution in [0, 0.1) is 0 Å². The predicted molar refractivity (Wildman–Crippen MR) is 249 cm³/mol. The van der Waals surface area contributed by atoms with E-state index in [1.54, 1.807) is 0 Å². The van der Waals surface area contributed by atoms with Crippen LogP contribution in [0.25, 0.3) is 0 Å². The molecular weight excluding hydrogens is 758 g/mol. The number of hydrogen-bond donors (Lipinski definition) is 0. The molecule has 0 saturated heterocycles. The van der Waals surface area contributed by atoms with E-state index in [-0.39, 0.29) is 25.8 Å². The Kier molecular flexibility index (Phi) is 41.6. The van der Waals surface area contributed by atoms with E-state index in [0.29, 0.717) is 24.1 Å². The van der Waals surface area contributed by atoms with Gasteiger partial charge < -0.3 is 27.9 Å². The second kappa shape index (κ2) is 42.9. The molecule has 0 saturated carbocycles. The quantitative estimate of drug-likeness (QED) is 0.0198. The standard InChI is InChI=1S/C50H92NO7P/c1-6-8-10-12-14-16-18-20-22-24-25-26-27-28-29-31-33-35-37-39-41-43-50(52)58-49(48-57-59(53,54)56-46-44-51(3,4)5)47-55-45-42-40-38-36-34-32-30-23-21-19-17-15-13-11-9-7-2/h9,11,15,17-18,20-21,23-25,49H,6-8,10,12-14,16,19,22,26-48H2,1-5H3/b11-9-,17-15-,20-18-,23-21-,25-24-. The minimum Gasteiger partial charge on any atom is -0.756 e. The maximum Gasteiger partial charge on any atom is 0.306 e. The monoisotopic (exact) mass is 850 g/mol. The van der Waals surface area contributed by atoms with Crippen LogP contribution in [0.1, 0.15) is 194 Å². The van der Waals surface area contributed by atoms with E-state index in [1.807, 2.05) is 21.1 Å². The van der Waals surface area contributed by atoms with E-state index < -0.39 is 13.9 Å². The number of phosphoric ester groups is 1. The van der Waals surface area contributed by atoms with Crippen molar-refractivity contribution in [2.24, 2.45) is 0 Å². The second-order valence-electron chi connectivity index (χ2n) is 17.1. The number of carbonyl (C=O) groups excluding carboxylic acids is 1. The first-order valence-corrected chi connectivity index (χ1v) is 25.5. The minimum absolute atomic E-state index is 0.0200.